The van der Waals surface area contributed by atoms with Gasteiger partial charge in [0, 0.05) is 25.2 Å². The quantitative estimate of drug-likeness (QED) is 0.828. The van der Waals surface area contributed by atoms with E-state index in [0.29, 0.717) is 12.1 Å². The van der Waals surface area contributed by atoms with Gasteiger partial charge in [-0.2, -0.15) is 4.31 Å². The number of amides is 1. The lowest BCUT2D eigenvalue weighted by Gasteiger charge is -2.23. The molecule has 0 saturated carbocycles. The van der Waals surface area contributed by atoms with Gasteiger partial charge >= 0.3 is 0 Å². The molecule has 20 heavy (non-hydrogen) atoms. The molecule has 0 aliphatic carbocycles. The van der Waals surface area contributed by atoms with Crippen LogP contribution in [-0.4, -0.2) is 44.8 Å². The van der Waals surface area contributed by atoms with Gasteiger partial charge in [0.05, 0.1) is 4.90 Å². The maximum absolute atomic E-state index is 12.4. The van der Waals surface area contributed by atoms with Crippen LogP contribution < -0.4 is 11.1 Å². The third-order valence-electron chi connectivity index (χ3n) is 3.36. The minimum atomic E-state index is -3.52. The number of hydrogen-bond acceptors (Lipinski definition) is 4. The van der Waals surface area contributed by atoms with Gasteiger partial charge in [-0.25, -0.2) is 8.42 Å². The van der Waals surface area contributed by atoms with Crippen molar-refractivity contribution in [2.75, 3.05) is 20.1 Å². The average Bonchev–Trinajstić information content (AvgIpc) is 2.91. The van der Waals surface area contributed by atoms with E-state index in [0.717, 1.165) is 13.0 Å². The van der Waals surface area contributed by atoms with Crippen molar-refractivity contribution in [2.45, 2.75) is 17.4 Å². The van der Waals surface area contributed by atoms with Crippen molar-refractivity contribution in [3.8, 4) is 0 Å². The van der Waals surface area contributed by atoms with Gasteiger partial charge in [-0.05, 0) is 37.2 Å². The molecule has 2 rings (SSSR count). The second kappa shape index (κ2) is 6.53. The summed E-state index contributed by atoms with van der Waals surface area (Å²) in [5, 5.41) is 3.13. The molecule has 0 radical (unpaired) electrons. The van der Waals surface area contributed by atoms with Crippen LogP contribution in [0.25, 0.3) is 0 Å². The van der Waals surface area contributed by atoms with Crippen molar-refractivity contribution in [2.24, 2.45) is 5.73 Å². The molecule has 1 amide bonds. The second-order valence-electron chi connectivity index (χ2n) is 4.56. The molecule has 3 N–H and O–H groups in total. The molecule has 1 atom stereocenters. The maximum Gasteiger partial charge on any atom is 0.248 e. The third kappa shape index (κ3) is 3.29. The lowest BCUT2D eigenvalue weighted by Crippen LogP contribution is -2.38. The Hall–Kier alpha value is -1.15. The van der Waals surface area contributed by atoms with Gasteiger partial charge in [0.25, 0.3) is 0 Å². The summed E-state index contributed by atoms with van der Waals surface area (Å²) in [5.74, 6) is -0.572. The number of nitrogens with zero attached hydrogens (tertiary/aromatic N) is 1. The number of halogens is 1. The summed E-state index contributed by atoms with van der Waals surface area (Å²) < 4.78 is 26.1. The summed E-state index contributed by atoms with van der Waals surface area (Å²) in [6.45, 7) is 1.49. The van der Waals surface area contributed by atoms with Crippen molar-refractivity contribution in [3.63, 3.8) is 0 Å². The SMILES string of the molecule is CN(C1CCNC1)S(=O)(=O)c1ccc(C(N)=O)cc1.Cl. The number of carbonyl (C=O) groups excluding carboxylic acids is 1. The van der Waals surface area contributed by atoms with E-state index in [2.05, 4.69) is 5.32 Å². The Morgan fingerprint density at radius 1 is 1.35 bits per heavy atom. The van der Waals surface area contributed by atoms with Crippen molar-refractivity contribution in [3.05, 3.63) is 29.8 Å². The third-order valence-corrected chi connectivity index (χ3v) is 5.29. The maximum atomic E-state index is 12.4. The highest BCUT2D eigenvalue weighted by molar-refractivity contribution is 7.89. The summed E-state index contributed by atoms with van der Waals surface area (Å²) in [7, 11) is -1.95. The Balaban J connectivity index is 0.00000200. The number of carbonyl (C=O) groups is 1. The molecule has 6 nitrogen and oxygen atoms in total. The van der Waals surface area contributed by atoms with E-state index in [1.807, 2.05) is 0 Å². The van der Waals surface area contributed by atoms with Crippen LogP contribution in [0.3, 0.4) is 0 Å². The van der Waals surface area contributed by atoms with E-state index in [4.69, 9.17) is 5.73 Å². The van der Waals surface area contributed by atoms with Gasteiger partial charge in [-0.1, -0.05) is 0 Å². The number of rotatable bonds is 4. The lowest BCUT2D eigenvalue weighted by molar-refractivity contribution is 0.1000. The first-order chi connectivity index (χ1) is 8.93. The van der Waals surface area contributed by atoms with Crippen LogP contribution in [0, 0.1) is 0 Å². The van der Waals surface area contributed by atoms with E-state index in [1.54, 1.807) is 7.05 Å². The van der Waals surface area contributed by atoms with E-state index < -0.39 is 15.9 Å². The first-order valence-corrected chi connectivity index (χ1v) is 7.45. The molecule has 1 unspecified atom stereocenters. The highest BCUT2D eigenvalue weighted by atomic mass is 35.5. The zero-order valence-corrected chi connectivity index (χ0v) is 12.7. The van der Waals surface area contributed by atoms with Crippen LogP contribution in [0.4, 0.5) is 0 Å². The summed E-state index contributed by atoms with van der Waals surface area (Å²) >= 11 is 0. The highest BCUT2D eigenvalue weighted by Gasteiger charge is 2.29. The molecule has 1 heterocycles. The van der Waals surface area contributed by atoms with Crippen LogP contribution in [0.5, 0.6) is 0 Å². The van der Waals surface area contributed by atoms with E-state index in [-0.39, 0.29) is 23.3 Å². The largest absolute Gasteiger partial charge is 0.366 e. The number of likely N-dealkylation sites (N-methyl/N-ethyl adjacent to an activating group) is 1. The fourth-order valence-electron chi connectivity index (χ4n) is 2.10. The molecular weight excluding hydrogens is 302 g/mol. The van der Waals surface area contributed by atoms with Crippen molar-refractivity contribution in [1.82, 2.24) is 9.62 Å². The Morgan fingerprint density at radius 2 is 1.95 bits per heavy atom. The van der Waals surface area contributed by atoms with Crippen molar-refractivity contribution < 1.29 is 13.2 Å². The van der Waals surface area contributed by atoms with E-state index in [9.17, 15) is 13.2 Å². The smallest absolute Gasteiger partial charge is 0.248 e. The van der Waals surface area contributed by atoms with Gasteiger partial charge in [-0.15, -0.1) is 12.4 Å². The Labute approximate surface area is 124 Å². The summed E-state index contributed by atoms with van der Waals surface area (Å²) in [6, 6.07) is 5.65. The summed E-state index contributed by atoms with van der Waals surface area (Å²) in [4.78, 5) is 11.1. The summed E-state index contributed by atoms with van der Waals surface area (Å²) in [5.41, 5.74) is 5.42. The molecular formula is C12H18ClN3O3S. The lowest BCUT2D eigenvalue weighted by atomic mass is 10.2. The van der Waals surface area contributed by atoms with Gasteiger partial charge in [-0.3, -0.25) is 4.79 Å². The minimum Gasteiger partial charge on any atom is -0.366 e. The molecule has 1 aromatic carbocycles. The standard InChI is InChI=1S/C12H17N3O3S.ClH/c1-15(10-6-7-14-8-10)19(17,18)11-4-2-9(3-5-11)12(13)16;/h2-5,10,14H,6-8H2,1H3,(H2,13,16);1H. The topological polar surface area (TPSA) is 92.5 Å². The number of primary amides is 1. The zero-order chi connectivity index (χ0) is 14.0. The second-order valence-corrected chi connectivity index (χ2v) is 6.55. The fourth-order valence-corrected chi connectivity index (χ4v) is 3.49. The average molecular weight is 320 g/mol. The van der Waals surface area contributed by atoms with Gasteiger partial charge in [0.1, 0.15) is 0 Å². The predicted octanol–water partition coefficient (Wildman–Crippen LogP) is 0.190. The van der Waals surface area contributed by atoms with Crippen LogP contribution in [0.2, 0.25) is 0 Å². The first-order valence-electron chi connectivity index (χ1n) is 6.01. The molecule has 1 saturated heterocycles. The molecule has 0 bridgehead atoms. The van der Waals surface area contributed by atoms with Crippen LogP contribution >= 0.6 is 12.4 Å². The molecule has 1 aromatic rings. The van der Waals surface area contributed by atoms with E-state index >= 15 is 0 Å². The zero-order valence-electron chi connectivity index (χ0n) is 11.1. The van der Waals surface area contributed by atoms with Gasteiger partial charge < -0.3 is 11.1 Å². The number of benzene rings is 1. The minimum absolute atomic E-state index is 0. The van der Waals surface area contributed by atoms with Crippen LogP contribution in [0.1, 0.15) is 16.8 Å². The summed E-state index contributed by atoms with van der Waals surface area (Å²) in [6.07, 6.45) is 0.801. The molecule has 0 aromatic heterocycles. The van der Waals surface area contributed by atoms with Crippen molar-refractivity contribution >= 4 is 28.3 Å². The Kier molecular flexibility index (Phi) is 5.52. The van der Waals surface area contributed by atoms with Gasteiger partial charge in [0.2, 0.25) is 15.9 Å². The van der Waals surface area contributed by atoms with Crippen LogP contribution in [0.15, 0.2) is 29.2 Å². The predicted molar refractivity (Wildman–Crippen MR) is 78.4 cm³/mol. The molecule has 1 fully saturated rings. The molecule has 0 spiro atoms. The number of nitrogens with two attached hydrogens (primary N) is 1. The number of sulfonamides is 1. The molecule has 1 aliphatic rings. The molecule has 112 valence electrons. The highest BCUT2D eigenvalue weighted by Crippen LogP contribution is 2.19. The number of nitrogens with one attached hydrogen (secondary N) is 1. The van der Waals surface area contributed by atoms with Crippen molar-refractivity contribution in [1.29, 1.82) is 0 Å². The number of hydrogen-bond donors (Lipinski definition) is 2. The fraction of sp³-hybridized carbons (Fsp3) is 0.417. The molecule has 8 heteroatoms. The monoisotopic (exact) mass is 319 g/mol. The van der Waals surface area contributed by atoms with Crippen LogP contribution in [-0.2, 0) is 10.0 Å². The molecule has 1 aliphatic heterocycles. The Bertz CT molecular complexity index is 568. The Morgan fingerprint density at radius 3 is 2.40 bits per heavy atom. The normalized spacial score (nSPS) is 18.8. The van der Waals surface area contributed by atoms with E-state index in [1.165, 1.54) is 28.6 Å². The van der Waals surface area contributed by atoms with Gasteiger partial charge in [0.15, 0.2) is 0 Å². The first kappa shape index (κ1) is 16.9.